The summed E-state index contributed by atoms with van der Waals surface area (Å²) in [6.45, 7) is 1.45. The van der Waals surface area contributed by atoms with Gasteiger partial charge in [-0.1, -0.05) is 48.5 Å². The molecule has 1 atom stereocenters. The normalized spacial score (nSPS) is 11.2. The number of hydrogen-bond donors (Lipinski definition) is 2. The van der Waals surface area contributed by atoms with Crippen LogP contribution >= 0.6 is 11.8 Å². The molecule has 2 amide bonds. The molecule has 3 aromatic carbocycles. The van der Waals surface area contributed by atoms with Crippen LogP contribution in [0.4, 0.5) is 5.69 Å². The molecule has 0 saturated heterocycles. The highest BCUT2D eigenvalue weighted by atomic mass is 32.2. The van der Waals surface area contributed by atoms with Crippen molar-refractivity contribution in [1.29, 1.82) is 0 Å². The summed E-state index contributed by atoms with van der Waals surface area (Å²) in [6, 6.07) is 23.5. The fraction of sp³-hybridized carbons (Fsp3) is 0.214. The molecule has 0 spiro atoms. The highest BCUT2D eigenvalue weighted by Gasteiger charge is 2.24. The first-order valence-corrected chi connectivity index (χ1v) is 12.8. The standard InChI is InChI=1S/C28H28N2O6S/c1-2-35-27(33)22-13-15-23(16-14-22)29-25(31)17-36-28(34)24(19-37-18-20-9-5-3-6-10-20)30-26(32)21-11-7-4-8-12-21/h3-16,24H,2,17-19H2,1H3,(H,29,31)(H,30,32). The first-order chi connectivity index (χ1) is 18.0. The molecule has 0 aliphatic carbocycles. The van der Waals surface area contributed by atoms with E-state index in [0.29, 0.717) is 22.6 Å². The number of carbonyl (C=O) groups excluding carboxylic acids is 4. The predicted octanol–water partition coefficient (Wildman–Crippen LogP) is 4.08. The maximum absolute atomic E-state index is 12.8. The molecule has 192 valence electrons. The number of nitrogens with one attached hydrogen (secondary N) is 2. The summed E-state index contributed by atoms with van der Waals surface area (Å²) in [7, 11) is 0. The highest BCUT2D eigenvalue weighted by molar-refractivity contribution is 7.98. The fourth-order valence-corrected chi connectivity index (χ4v) is 4.21. The van der Waals surface area contributed by atoms with E-state index in [-0.39, 0.29) is 12.4 Å². The number of hydrogen-bond acceptors (Lipinski definition) is 7. The van der Waals surface area contributed by atoms with Gasteiger partial charge in [0.2, 0.25) is 0 Å². The van der Waals surface area contributed by atoms with E-state index in [1.54, 1.807) is 49.4 Å². The van der Waals surface area contributed by atoms with Gasteiger partial charge in [-0.25, -0.2) is 9.59 Å². The summed E-state index contributed by atoms with van der Waals surface area (Å²) < 4.78 is 10.1. The molecule has 2 N–H and O–H groups in total. The second kappa shape index (κ2) is 14.4. The molecule has 0 saturated carbocycles. The van der Waals surface area contributed by atoms with E-state index >= 15 is 0 Å². The molecule has 37 heavy (non-hydrogen) atoms. The van der Waals surface area contributed by atoms with Crippen LogP contribution in [0.3, 0.4) is 0 Å². The smallest absolute Gasteiger partial charge is 0.338 e. The summed E-state index contributed by atoms with van der Waals surface area (Å²) in [5, 5.41) is 5.31. The average molecular weight is 521 g/mol. The van der Waals surface area contributed by atoms with Gasteiger partial charge in [0.25, 0.3) is 11.8 Å². The molecule has 0 bridgehead atoms. The minimum atomic E-state index is -0.946. The van der Waals surface area contributed by atoms with Gasteiger partial charge in [0.05, 0.1) is 12.2 Å². The molecule has 0 aliphatic heterocycles. The Morgan fingerprint density at radius 2 is 1.46 bits per heavy atom. The molecule has 3 aromatic rings. The zero-order valence-corrected chi connectivity index (χ0v) is 21.2. The van der Waals surface area contributed by atoms with Gasteiger partial charge in [-0.05, 0) is 48.9 Å². The maximum Gasteiger partial charge on any atom is 0.338 e. The van der Waals surface area contributed by atoms with Crippen LogP contribution in [-0.2, 0) is 24.8 Å². The van der Waals surface area contributed by atoms with Gasteiger partial charge in [0, 0.05) is 22.8 Å². The number of ether oxygens (including phenoxy) is 2. The molecule has 0 aliphatic rings. The van der Waals surface area contributed by atoms with Crippen LogP contribution in [0.25, 0.3) is 0 Å². The van der Waals surface area contributed by atoms with Gasteiger partial charge in [0.1, 0.15) is 6.04 Å². The first-order valence-electron chi connectivity index (χ1n) is 11.7. The molecular weight excluding hydrogens is 492 g/mol. The number of carbonyl (C=O) groups is 4. The van der Waals surface area contributed by atoms with Crippen LogP contribution in [0.15, 0.2) is 84.9 Å². The Morgan fingerprint density at radius 3 is 2.11 bits per heavy atom. The Balaban J connectivity index is 1.55. The lowest BCUT2D eigenvalue weighted by molar-refractivity contribution is -0.148. The third kappa shape index (κ3) is 9.12. The molecule has 3 rings (SSSR count). The summed E-state index contributed by atoms with van der Waals surface area (Å²) in [6.07, 6.45) is 0. The fourth-order valence-electron chi connectivity index (χ4n) is 3.21. The molecule has 0 heterocycles. The zero-order valence-electron chi connectivity index (χ0n) is 20.3. The number of amides is 2. The van der Waals surface area contributed by atoms with E-state index in [9.17, 15) is 19.2 Å². The Labute approximate surface area is 219 Å². The Kier molecular flexibility index (Phi) is 10.7. The zero-order chi connectivity index (χ0) is 26.5. The lowest BCUT2D eigenvalue weighted by Gasteiger charge is -2.17. The number of anilines is 1. The van der Waals surface area contributed by atoms with Crippen molar-refractivity contribution < 1.29 is 28.7 Å². The van der Waals surface area contributed by atoms with Crippen molar-refractivity contribution in [2.75, 3.05) is 24.3 Å². The minimum absolute atomic E-state index is 0.264. The van der Waals surface area contributed by atoms with Crippen molar-refractivity contribution in [3.63, 3.8) is 0 Å². The topological polar surface area (TPSA) is 111 Å². The minimum Gasteiger partial charge on any atom is -0.462 e. The Bertz CT molecular complexity index is 1190. The van der Waals surface area contributed by atoms with Crippen molar-refractivity contribution in [3.05, 3.63) is 102 Å². The van der Waals surface area contributed by atoms with Crippen molar-refractivity contribution in [3.8, 4) is 0 Å². The van der Waals surface area contributed by atoms with Gasteiger partial charge < -0.3 is 20.1 Å². The van der Waals surface area contributed by atoms with Crippen LogP contribution in [0.1, 0.15) is 33.2 Å². The molecule has 1 unspecified atom stereocenters. The Morgan fingerprint density at radius 1 is 0.811 bits per heavy atom. The lowest BCUT2D eigenvalue weighted by Crippen LogP contribution is -2.44. The molecular formula is C28H28N2O6S. The van der Waals surface area contributed by atoms with Crippen LogP contribution in [-0.4, -0.2) is 48.8 Å². The van der Waals surface area contributed by atoms with E-state index in [4.69, 9.17) is 9.47 Å². The Hall–Kier alpha value is -4.11. The second-order valence-corrected chi connectivity index (χ2v) is 8.88. The largest absolute Gasteiger partial charge is 0.462 e. The van der Waals surface area contributed by atoms with Crippen molar-refractivity contribution >= 4 is 41.2 Å². The molecule has 8 nitrogen and oxygen atoms in total. The average Bonchev–Trinajstić information content (AvgIpc) is 2.92. The van der Waals surface area contributed by atoms with Crippen LogP contribution in [0.5, 0.6) is 0 Å². The quantitative estimate of drug-likeness (QED) is 0.346. The predicted molar refractivity (Wildman–Crippen MR) is 142 cm³/mol. The number of rotatable bonds is 12. The van der Waals surface area contributed by atoms with Crippen molar-refractivity contribution in [2.24, 2.45) is 0 Å². The summed E-state index contributed by atoms with van der Waals surface area (Å²) in [5.74, 6) is -1.21. The van der Waals surface area contributed by atoms with Gasteiger partial charge in [-0.2, -0.15) is 11.8 Å². The maximum atomic E-state index is 12.8. The van der Waals surface area contributed by atoms with E-state index in [2.05, 4.69) is 10.6 Å². The van der Waals surface area contributed by atoms with Crippen molar-refractivity contribution in [2.45, 2.75) is 18.7 Å². The molecule has 0 fully saturated rings. The highest BCUT2D eigenvalue weighted by Crippen LogP contribution is 2.14. The first kappa shape index (κ1) is 27.5. The lowest BCUT2D eigenvalue weighted by atomic mass is 10.2. The molecule has 0 aromatic heterocycles. The number of benzene rings is 3. The van der Waals surface area contributed by atoms with E-state index in [0.717, 1.165) is 5.56 Å². The van der Waals surface area contributed by atoms with Crippen LogP contribution < -0.4 is 10.6 Å². The van der Waals surface area contributed by atoms with Gasteiger partial charge in [-0.3, -0.25) is 9.59 Å². The van der Waals surface area contributed by atoms with E-state index in [1.807, 2.05) is 30.3 Å². The van der Waals surface area contributed by atoms with Crippen LogP contribution in [0.2, 0.25) is 0 Å². The van der Waals surface area contributed by atoms with E-state index in [1.165, 1.54) is 23.9 Å². The third-order valence-electron chi connectivity index (χ3n) is 5.05. The van der Waals surface area contributed by atoms with Crippen LogP contribution in [0, 0.1) is 0 Å². The monoisotopic (exact) mass is 520 g/mol. The second-order valence-electron chi connectivity index (χ2n) is 7.85. The molecule has 0 radical (unpaired) electrons. The SMILES string of the molecule is CCOC(=O)c1ccc(NC(=O)COC(=O)C(CSCc2ccccc2)NC(=O)c2ccccc2)cc1. The summed E-state index contributed by atoms with van der Waals surface area (Å²) in [4.78, 5) is 49.5. The third-order valence-corrected chi connectivity index (χ3v) is 6.15. The van der Waals surface area contributed by atoms with Crippen molar-refractivity contribution in [1.82, 2.24) is 5.32 Å². The summed E-state index contributed by atoms with van der Waals surface area (Å²) in [5.41, 5.74) is 2.29. The van der Waals surface area contributed by atoms with E-state index < -0.39 is 36.4 Å². The van der Waals surface area contributed by atoms with Gasteiger partial charge >= 0.3 is 11.9 Å². The number of esters is 2. The number of thioether (sulfide) groups is 1. The van der Waals surface area contributed by atoms with Gasteiger partial charge in [0.15, 0.2) is 6.61 Å². The molecule has 9 heteroatoms. The van der Waals surface area contributed by atoms with Gasteiger partial charge in [-0.15, -0.1) is 0 Å². The summed E-state index contributed by atoms with van der Waals surface area (Å²) >= 11 is 1.47.